The summed E-state index contributed by atoms with van der Waals surface area (Å²) in [4.78, 5) is 30.1. The fourth-order valence-corrected chi connectivity index (χ4v) is 3.25. The predicted octanol–water partition coefficient (Wildman–Crippen LogP) is 3.06. The van der Waals surface area contributed by atoms with Crippen molar-refractivity contribution in [3.8, 4) is 11.4 Å². The van der Waals surface area contributed by atoms with Crippen molar-refractivity contribution in [3.63, 3.8) is 0 Å². The number of fused-ring (bicyclic) bond motifs is 1. The first-order chi connectivity index (χ1) is 13.9. The summed E-state index contributed by atoms with van der Waals surface area (Å²) < 4.78 is 21.4. The Bertz CT molecular complexity index is 1300. The first-order valence-corrected chi connectivity index (χ1v) is 9.25. The normalized spacial score (nSPS) is 11.4. The van der Waals surface area contributed by atoms with Gasteiger partial charge in [0.1, 0.15) is 12.4 Å². The van der Waals surface area contributed by atoms with E-state index in [9.17, 15) is 14.0 Å². The second-order valence-electron chi connectivity index (χ2n) is 7.22. The molecular weight excluding hydrogens is 375 g/mol. The summed E-state index contributed by atoms with van der Waals surface area (Å²) in [5.41, 5.74) is 0.212. The number of nitrogens with zero attached hydrogens (tertiary/aromatic N) is 4. The Morgan fingerprint density at radius 1 is 1.07 bits per heavy atom. The van der Waals surface area contributed by atoms with Gasteiger partial charge in [0.25, 0.3) is 5.56 Å². The van der Waals surface area contributed by atoms with Gasteiger partial charge in [-0.1, -0.05) is 43.3 Å². The van der Waals surface area contributed by atoms with Crippen molar-refractivity contribution in [2.45, 2.75) is 26.9 Å². The molecule has 0 radical (unpaired) electrons. The summed E-state index contributed by atoms with van der Waals surface area (Å²) in [7, 11) is 0. The lowest BCUT2D eigenvalue weighted by atomic mass is 10.2. The molecule has 0 saturated heterocycles. The Hall–Kier alpha value is -3.55. The molecule has 0 unspecified atom stereocenters. The smallest absolute Gasteiger partial charge is 0.331 e. The topological polar surface area (TPSA) is 82.9 Å². The number of hydrogen-bond donors (Lipinski definition) is 0. The highest BCUT2D eigenvalue weighted by atomic mass is 19.1. The molecule has 4 aromatic rings. The molecule has 0 N–H and O–H groups in total. The van der Waals surface area contributed by atoms with Crippen LogP contribution >= 0.6 is 0 Å². The van der Waals surface area contributed by atoms with Gasteiger partial charge in [0, 0.05) is 12.1 Å². The molecule has 2 heterocycles. The molecule has 0 aliphatic heterocycles. The average Bonchev–Trinajstić information content (AvgIpc) is 3.17. The minimum atomic E-state index is -0.437. The third-order valence-electron chi connectivity index (χ3n) is 4.52. The molecule has 0 saturated carbocycles. The Labute approximate surface area is 165 Å². The Balaban J connectivity index is 1.81. The molecule has 29 heavy (non-hydrogen) atoms. The maximum Gasteiger partial charge on any atom is 0.331 e. The van der Waals surface area contributed by atoms with Crippen molar-refractivity contribution >= 4 is 10.9 Å². The van der Waals surface area contributed by atoms with Crippen LogP contribution in [0.25, 0.3) is 22.3 Å². The van der Waals surface area contributed by atoms with Gasteiger partial charge >= 0.3 is 5.69 Å². The van der Waals surface area contributed by atoms with Crippen LogP contribution in [0, 0.1) is 11.7 Å². The van der Waals surface area contributed by atoms with Gasteiger partial charge in [-0.2, -0.15) is 4.98 Å². The van der Waals surface area contributed by atoms with Crippen LogP contribution in [0.15, 0.2) is 62.6 Å². The van der Waals surface area contributed by atoms with Crippen LogP contribution in [-0.4, -0.2) is 19.3 Å². The van der Waals surface area contributed by atoms with Crippen LogP contribution < -0.4 is 11.2 Å². The van der Waals surface area contributed by atoms with Gasteiger partial charge in [0.15, 0.2) is 0 Å². The molecule has 7 nitrogen and oxygen atoms in total. The van der Waals surface area contributed by atoms with Gasteiger partial charge < -0.3 is 4.52 Å². The van der Waals surface area contributed by atoms with E-state index in [4.69, 9.17) is 4.52 Å². The molecule has 2 aromatic carbocycles. The highest BCUT2D eigenvalue weighted by Gasteiger charge is 2.17. The van der Waals surface area contributed by atoms with Crippen LogP contribution in [-0.2, 0) is 13.1 Å². The minimum absolute atomic E-state index is 0.0000373. The van der Waals surface area contributed by atoms with E-state index in [-0.39, 0.29) is 29.7 Å². The monoisotopic (exact) mass is 394 g/mol. The Morgan fingerprint density at radius 3 is 2.62 bits per heavy atom. The lowest BCUT2D eigenvalue weighted by molar-refractivity contribution is 0.368. The second-order valence-corrected chi connectivity index (χ2v) is 7.22. The number of benzene rings is 2. The van der Waals surface area contributed by atoms with Crippen molar-refractivity contribution < 1.29 is 8.91 Å². The maximum absolute atomic E-state index is 13.5. The second kappa shape index (κ2) is 7.46. The average molecular weight is 394 g/mol. The first-order valence-electron chi connectivity index (χ1n) is 9.25. The largest absolute Gasteiger partial charge is 0.337 e. The quantitative estimate of drug-likeness (QED) is 0.520. The van der Waals surface area contributed by atoms with Gasteiger partial charge in [0.2, 0.25) is 11.7 Å². The van der Waals surface area contributed by atoms with Crippen molar-refractivity contribution in [1.82, 2.24) is 19.3 Å². The fourth-order valence-electron chi connectivity index (χ4n) is 3.25. The van der Waals surface area contributed by atoms with E-state index in [1.54, 1.807) is 36.4 Å². The minimum Gasteiger partial charge on any atom is -0.337 e. The van der Waals surface area contributed by atoms with E-state index in [0.717, 1.165) is 0 Å². The summed E-state index contributed by atoms with van der Waals surface area (Å²) in [6.07, 6.45) is 0. The predicted molar refractivity (Wildman–Crippen MR) is 106 cm³/mol. The standard InChI is InChI=1S/C21H19FN4O3/c1-13(2)11-26-20(27)16-8-3-4-9-17(16)25(21(26)28)12-18-23-19(24-29-18)14-6-5-7-15(22)10-14/h3-10,13H,11-12H2,1-2H3. The number of halogens is 1. The zero-order chi connectivity index (χ0) is 20.5. The highest BCUT2D eigenvalue weighted by Crippen LogP contribution is 2.17. The number of hydrogen-bond acceptors (Lipinski definition) is 5. The molecule has 0 atom stereocenters. The van der Waals surface area contributed by atoms with Crippen LogP contribution in [0.1, 0.15) is 19.7 Å². The Morgan fingerprint density at radius 2 is 1.86 bits per heavy atom. The number of aromatic nitrogens is 4. The highest BCUT2D eigenvalue weighted by molar-refractivity contribution is 5.77. The van der Waals surface area contributed by atoms with Crippen LogP contribution in [0.4, 0.5) is 4.39 Å². The van der Waals surface area contributed by atoms with E-state index in [0.29, 0.717) is 23.0 Å². The molecule has 2 aromatic heterocycles. The molecule has 0 bridgehead atoms. The molecule has 0 fully saturated rings. The summed E-state index contributed by atoms with van der Waals surface area (Å²) in [6, 6.07) is 12.8. The van der Waals surface area contributed by atoms with Gasteiger partial charge in [-0.15, -0.1) is 0 Å². The zero-order valence-electron chi connectivity index (χ0n) is 16.0. The molecule has 0 aliphatic rings. The summed E-state index contributed by atoms with van der Waals surface area (Å²) in [5.74, 6) is 0.133. The van der Waals surface area contributed by atoms with Crippen LogP contribution in [0.2, 0.25) is 0 Å². The number of para-hydroxylation sites is 1. The van der Waals surface area contributed by atoms with Crippen molar-refractivity contribution in [1.29, 1.82) is 0 Å². The fraction of sp³-hybridized carbons (Fsp3) is 0.238. The van der Waals surface area contributed by atoms with Gasteiger partial charge in [-0.3, -0.25) is 13.9 Å². The number of rotatable bonds is 5. The van der Waals surface area contributed by atoms with Gasteiger partial charge in [0.05, 0.1) is 10.9 Å². The maximum atomic E-state index is 13.5. The van der Waals surface area contributed by atoms with E-state index in [2.05, 4.69) is 10.1 Å². The van der Waals surface area contributed by atoms with E-state index < -0.39 is 11.5 Å². The van der Waals surface area contributed by atoms with Gasteiger partial charge in [-0.05, 0) is 30.2 Å². The van der Waals surface area contributed by atoms with Crippen molar-refractivity contribution in [3.05, 3.63) is 81.1 Å². The van der Waals surface area contributed by atoms with E-state index in [1.807, 2.05) is 13.8 Å². The zero-order valence-corrected chi connectivity index (χ0v) is 16.0. The third-order valence-corrected chi connectivity index (χ3v) is 4.52. The lowest BCUT2D eigenvalue weighted by Crippen LogP contribution is -2.41. The van der Waals surface area contributed by atoms with Crippen molar-refractivity contribution in [2.24, 2.45) is 5.92 Å². The molecule has 0 spiro atoms. The van der Waals surface area contributed by atoms with E-state index >= 15 is 0 Å². The first kappa shape index (κ1) is 18.8. The SMILES string of the molecule is CC(C)Cn1c(=O)c2ccccc2n(Cc2nc(-c3cccc(F)c3)no2)c1=O. The lowest BCUT2D eigenvalue weighted by Gasteiger charge is -2.14. The summed E-state index contributed by atoms with van der Waals surface area (Å²) in [6.45, 7) is 4.18. The molecular formula is C21H19FN4O3. The molecule has 148 valence electrons. The summed E-state index contributed by atoms with van der Waals surface area (Å²) in [5, 5.41) is 4.33. The summed E-state index contributed by atoms with van der Waals surface area (Å²) >= 11 is 0. The molecule has 0 aliphatic carbocycles. The van der Waals surface area contributed by atoms with E-state index in [1.165, 1.54) is 21.3 Å². The third kappa shape index (κ3) is 3.61. The van der Waals surface area contributed by atoms with Crippen LogP contribution in [0.5, 0.6) is 0 Å². The molecule has 4 rings (SSSR count). The van der Waals surface area contributed by atoms with Crippen molar-refractivity contribution in [2.75, 3.05) is 0 Å². The van der Waals surface area contributed by atoms with Crippen LogP contribution in [0.3, 0.4) is 0 Å². The van der Waals surface area contributed by atoms with Gasteiger partial charge in [-0.25, -0.2) is 9.18 Å². The molecule has 0 amide bonds. The molecule has 8 heteroatoms. The Kier molecular flexibility index (Phi) is 4.84.